The minimum Gasteiger partial charge on any atom is -0.462 e. The molecule has 29 heavy (non-hydrogen) atoms. The number of esters is 1. The lowest BCUT2D eigenvalue weighted by Gasteiger charge is -2.31. The van der Waals surface area contributed by atoms with Crippen LogP contribution in [0.5, 0.6) is 0 Å². The molecule has 0 amide bonds. The minimum atomic E-state index is -0.698. The van der Waals surface area contributed by atoms with E-state index in [4.69, 9.17) is 4.74 Å². The van der Waals surface area contributed by atoms with Crippen LogP contribution in [0.25, 0.3) is 0 Å². The number of hydrogen-bond acceptors (Lipinski definition) is 2. The first-order valence-electron chi connectivity index (χ1n) is 11.6. The zero-order chi connectivity index (χ0) is 20.8. The third-order valence-corrected chi connectivity index (χ3v) is 7.13. The number of benzene rings is 1. The Kier molecular flexibility index (Phi) is 8.08. The van der Waals surface area contributed by atoms with Gasteiger partial charge in [-0.05, 0) is 74.8 Å². The van der Waals surface area contributed by atoms with E-state index in [0.717, 1.165) is 44.9 Å². The average Bonchev–Trinajstić information content (AvgIpc) is 2.73. The van der Waals surface area contributed by atoms with Crippen LogP contribution in [-0.2, 0) is 16.0 Å². The molecule has 2 nitrogen and oxygen atoms in total. The van der Waals surface area contributed by atoms with Gasteiger partial charge in [0, 0.05) is 0 Å². The molecule has 2 fully saturated rings. The van der Waals surface area contributed by atoms with Crippen molar-refractivity contribution in [3.8, 4) is 0 Å². The van der Waals surface area contributed by atoms with Crippen LogP contribution in [0.15, 0.2) is 12.1 Å². The lowest BCUT2D eigenvalue weighted by Crippen LogP contribution is -2.31. The zero-order valence-corrected chi connectivity index (χ0v) is 18.0. The van der Waals surface area contributed by atoms with E-state index in [2.05, 4.69) is 6.92 Å². The Morgan fingerprint density at radius 2 is 1.59 bits per heavy atom. The highest BCUT2D eigenvalue weighted by Gasteiger charge is 2.30. The third kappa shape index (κ3) is 6.02. The predicted octanol–water partition coefficient (Wildman–Crippen LogP) is 6.91. The van der Waals surface area contributed by atoms with E-state index in [9.17, 15) is 13.6 Å². The Hall–Kier alpha value is -1.45. The predicted molar refractivity (Wildman–Crippen MR) is 112 cm³/mol. The van der Waals surface area contributed by atoms with Crippen LogP contribution < -0.4 is 0 Å². The van der Waals surface area contributed by atoms with Crippen LogP contribution in [0.2, 0.25) is 0 Å². The maximum absolute atomic E-state index is 14.0. The Balaban J connectivity index is 1.35. The molecule has 1 aromatic rings. The molecule has 1 saturated heterocycles. The fourth-order valence-corrected chi connectivity index (χ4v) is 5.11. The maximum Gasteiger partial charge on any atom is 0.309 e. The summed E-state index contributed by atoms with van der Waals surface area (Å²) in [5.74, 6) is 0.104. The van der Waals surface area contributed by atoms with Gasteiger partial charge in [0.2, 0.25) is 0 Å². The molecule has 0 spiro atoms. The highest BCUT2D eigenvalue weighted by Crippen LogP contribution is 2.36. The molecule has 0 bridgehead atoms. The van der Waals surface area contributed by atoms with Crippen LogP contribution in [0.3, 0.4) is 0 Å². The van der Waals surface area contributed by atoms with Gasteiger partial charge in [0.1, 0.15) is 6.10 Å². The van der Waals surface area contributed by atoms with Gasteiger partial charge in [-0.3, -0.25) is 4.79 Å². The van der Waals surface area contributed by atoms with Crippen LogP contribution >= 0.6 is 0 Å². The van der Waals surface area contributed by atoms with Crippen molar-refractivity contribution in [3.05, 3.63) is 34.9 Å². The van der Waals surface area contributed by atoms with Gasteiger partial charge in [-0.1, -0.05) is 51.2 Å². The second kappa shape index (κ2) is 10.5. The summed E-state index contributed by atoms with van der Waals surface area (Å²) in [7, 11) is 0. The van der Waals surface area contributed by atoms with Crippen LogP contribution in [0.1, 0.15) is 88.7 Å². The number of carbonyl (C=O) groups excluding carboxylic acids is 1. The van der Waals surface area contributed by atoms with E-state index < -0.39 is 11.6 Å². The highest BCUT2D eigenvalue weighted by atomic mass is 19.2. The Morgan fingerprint density at radius 1 is 0.897 bits per heavy atom. The Bertz CT molecular complexity index is 680. The molecule has 1 aliphatic carbocycles. The first-order chi connectivity index (χ1) is 14.0. The molecule has 0 radical (unpaired) electrons. The summed E-state index contributed by atoms with van der Waals surface area (Å²) in [6.07, 6.45) is 12.6. The summed E-state index contributed by atoms with van der Waals surface area (Å²) in [4.78, 5) is 12.1. The van der Waals surface area contributed by atoms with E-state index in [-0.39, 0.29) is 18.0 Å². The van der Waals surface area contributed by atoms with Crippen LogP contribution in [0.4, 0.5) is 8.78 Å². The smallest absolute Gasteiger partial charge is 0.309 e. The lowest BCUT2D eigenvalue weighted by molar-refractivity contribution is -0.161. The molecule has 162 valence electrons. The molecule has 0 N–H and O–H groups in total. The number of aryl methyl sites for hydroxylation is 2. The van der Waals surface area contributed by atoms with Crippen molar-refractivity contribution in [3.63, 3.8) is 0 Å². The fraction of sp³-hybridized carbons (Fsp3) is 0.720. The molecule has 2 atom stereocenters. The van der Waals surface area contributed by atoms with Gasteiger partial charge in [-0.25, -0.2) is 8.78 Å². The standard InChI is InChI=1S/C25H36F2O2/c1-3-4-21-14-16-22(29-25(21)28)15-11-19-8-6-18(7-9-19)10-13-20-12-5-17(2)23(26)24(20)27/h5,12,18-19,21-22H,3-4,6-11,13-16H2,1-2H3. The largest absolute Gasteiger partial charge is 0.462 e. The summed E-state index contributed by atoms with van der Waals surface area (Å²) >= 11 is 0. The van der Waals surface area contributed by atoms with Gasteiger partial charge in [-0.2, -0.15) is 0 Å². The molecular weight excluding hydrogens is 370 g/mol. The number of halogens is 2. The second-order valence-corrected chi connectivity index (χ2v) is 9.29. The lowest BCUT2D eigenvalue weighted by atomic mass is 9.77. The summed E-state index contributed by atoms with van der Waals surface area (Å²) in [6.45, 7) is 3.71. The van der Waals surface area contributed by atoms with Crippen molar-refractivity contribution < 1.29 is 18.3 Å². The molecule has 1 saturated carbocycles. The quantitative estimate of drug-likeness (QED) is 0.438. The molecule has 2 unspecified atom stereocenters. The topological polar surface area (TPSA) is 26.3 Å². The first-order valence-corrected chi connectivity index (χ1v) is 11.6. The van der Waals surface area contributed by atoms with Crippen molar-refractivity contribution >= 4 is 5.97 Å². The van der Waals surface area contributed by atoms with E-state index >= 15 is 0 Å². The van der Waals surface area contributed by atoms with Crippen molar-refractivity contribution in [2.75, 3.05) is 0 Å². The number of hydrogen-bond donors (Lipinski definition) is 0. The summed E-state index contributed by atoms with van der Waals surface area (Å²) in [6, 6.07) is 3.41. The van der Waals surface area contributed by atoms with Crippen molar-refractivity contribution in [1.29, 1.82) is 0 Å². The van der Waals surface area contributed by atoms with E-state index in [0.29, 0.717) is 29.4 Å². The van der Waals surface area contributed by atoms with Gasteiger partial charge in [0.15, 0.2) is 11.6 Å². The number of carbonyl (C=O) groups is 1. The number of ether oxygens (including phenoxy) is 1. The monoisotopic (exact) mass is 406 g/mol. The molecular formula is C25H36F2O2. The van der Waals surface area contributed by atoms with Crippen LogP contribution in [-0.4, -0.2) is 12.1 Å². The van der Waals surface area contributed by atoms with Gasteiger partial charge < -0.3 is 4.74 Å². The van der Waals surface area contributed by atoms with Gasteiger partial charge in [-0.15, -0.1) is 0 Å². The molecule has 0 aromatic heterocycles. The SMILES string of the molecule is CCCC1CCC(CCC2CCC(CCc3ccc(C)c(F)c3F)CC2)OC1=O. The zero-order valence-electron chi connectivity index (χ0n) is 18.0. The van der Waals surface area contributed by atoms with Crippen LogP contribution in [0, 0.1) is 36.3 Å². The Morgan fingerprint density at radius 3 is 2.24 bits per heavy atom. The molecule has 3 rings (SSSR count). The van der Waals surface area contributed by atoms with E-state index in [1.807, 2.05) is 0 Å². The fourth-order valence-electron chi connectivity index (χ4n) is 5.11. The van der Waals surface area contributed by atoms with Gasteiger partial charge >= 0.3 is 5.97 Å². The third-order valence-electron chi connectivity index (χ3n) is 7.13. The van der Waals surface area contributed by atoms with E-state index in [1.54, 1.807) is 19.1 Å². The highest BCUT2D eigenvalue weighted by molar-refractivity contribution is 5.73. The van der Waals surface area contributed by atoms with Crippen molar-refractivity contribution in [2.45, 2.75) is 97.0 Å². The average molecular weight is 407 g/mol. The van der Waals surface area contributed by atoms with E-state index in [1.165, 1.54) is 25.7 Å². The molecule has 1 heterocycles. The Labute approximate surface area is 174 Å². The number of rotatable bonds is 8. The molecule has 1 aromatic carbocycles. The first kappa shape index (κ1) is 22.2. The minimum absolute atomic E-state index is 0.0200. The molecule has 1 aliphatic heterocycles. The summed E-state index contributed by atoms with van der Waals surface area (Å²) < 4.78 is 33.4. The maximum atomic E-state index is 14.0. The van der Waals surface area contributed by atoms with Crippen molar-refractivity contribution in [1.82, 2.24) is 0 Å². The normalized spacial score (nSPS) is 27.7. The number of cyclic esters (lactones) is 1. The molecule has 4 heteroatoms. The van der Waals surface area contributed by atoms with Crippen molar-refractivity contribution in [2.24, 2.45) is 17.8 Å². The summed E-state index contributed by atoms with van der Waals surface area (Å²) in [5.41, 5.74) is 0.881. The second-order valence-electron chi connectivity index (χ2n) is 9.29. The molecule has 2 aliphatic rings. The van der Waals surface area contributed by atoms with Gasteiger partial charge in [0.05, 0.1) is 5.92 Å². The summed E-state index contributed by atoms with van der Waals surface area (Å²) in [5, 5.41) is 0. The van der Waals surface area contributed by atoms with Gasteiger partial charge in [0.25, 0.3) is 0 Å².